The number of aromatic nitrogens is 3. The van der Waals surface area contributed by atoms with Gasteiger partial charge in [-0.3, -0.25) is 4.79 Å². The number of hydrogen-bond donors (Lipinski definition) is 0. The average molecular weight is 261 g/mol. The molecule has 5 nitrogen and oxygen atoms in total. The molecule has 0 aliphatic heterocycles. The number of ketones is 1. The summed E-state index contributed by atoms with van der Waals surface area (Å²) in [6, 6.07) is 2.74. The number of ether oxygens (including phenoxy) is 1. The van der Waals surface area contributed by atoms with Crippen LogP contribution in [-0.2, 0) is 0 Å². The summed E-state index contributed by atoms with van der Waals surface area (Å²) in [6.45, 7) is 3.64. The summed E-state index contributed by atoms with van der Waals surface area (Å²) in [4.78, 5) is 23.8. The van der Waals surface area contributed by atoms with E-state index in [4.69, 9.17) is 4.74 Å². The van der Waals surface area contributed by atoms with Crippen LogP contribution in [0.2, 0.25) is 0 Å². The van der Waals surface area contributed by atoms with E-state index in [-0.39, 0.29) is 23.7 Å². The Balaban J connectivity index is 2.42. The molecule has 0 bridgehead atoms. The van der Waals surface area contributed by atoms with E-state index >= 15 is 0 Å². The first-order valence-electron chi connectivity index (χ1n) is 5.75. The first kappa shape index (κ1) is 13.1. The first-order chi connectivity index (χ1) is 9.13. The Kier molecular flexibility index (Phi) is 3.79. The zero-order chi connectivity index (χ0) is 13.8. The monoisotopic (exact) mass is 261 g/mol. The summed E-state index contributed by atoms with van der Waals surface area (Å²) in [5, 5.41) is 0. The van der Waals surface area contributed by atoms with Crippen LogP contribution < -0.4 is 4.74 Å². The molecule has 0 saturated carbocycles. The third kappa shape index (κ3) is 2.73. The van der Waals surface area contributed by atoms with Crippen LogP contribution in [0.15, 0.2) is 24.5 Å². The highest BCUT2D eigenvalue weighted by molar-refractivity contribution is 6.07. The molecule has 0 N–H and O–H groups in total. The lowest BCUT2D eigenvalue weighted by Gasteiger charge is -2.06. The van der Waals surface area contributed by atoms with Crippen molar-refractivity contribution in [3.05, 3.63) is 47.4 Å². The van der Waals surface area contributed by atoms with E-state index in [0.717, 1.165) is 0 Å². The summed E-state index contributed by atoms with van der Waals surface area (Å²) in [7, 11) is 0. The normalized spacial score (nSPS) is 10.3. The van der Waals surface area contributed by atoms with Crippen molar-refractivity contribution in [2.75, 3.05) is 6.61 Å². The zero-order valence-corrected chi connectivity index (χ0v) is 10.6. The van der Waals surface area contributed by atoms with E-state index in [0.29, 0.717) is 5.82 Å². The largest absolute Gasteiger partial charge is 0.476 e. The number of carbonyl (C=O) groups is 1. The maximum Gasteiger partial charge on any atom is 0.251 e. The summed E-state index contributed by atoms with van der Waals surface area (Å²) in [6.07, 6.45) is 2.79. The fourth-order valence-electron chi connectivity index (χ4n) is 1.56. The molecule has 0 aliphatic rings. The van der Waals surface area contributed by atoms with Gasteiger partial charge in [0.2, 0.25) is 5.78 Å². The van der Waals surface area contributed by atoms with Crippen molar-refractivity contribution in [2.24, 2.45) is 0 Å². The second-order valence-electron chi connectivity index (χ2n) is 3.73. The summed E-state index contributed by atoms with van der Waals surface area (Å²) in [5.41, 5.74) is 0.0246. The molecule has 0 spiro atoms. The van der Waals surface area contributed by atoms with Crippen molar-refractivity contribution >= 4 is 5.78 Å². The van der Waals surface area contributed by atoms with Crippen LogP contribution in [0.4, 0.5) is 4.39 Å². The molecular weight excluding hydrogens is 249 g/mol. The highest BCUT2D eigenvalue weighted by Gasteiger charge is 2.19. The Morgan fingerprint density at radius 1 is 1.32 bits per heavy atom. The van der Waals surface area contributed by atoms with Crippen LogP contribution in [0.1, 0.15) is 28.8 Å². The second kappa shape index (κ2) is 5.51. The van der Waals surface area contributed by atoms with Crippen molar-refractivity contribution in [2.45, 2.75) is 13.8 Å². The van der Waals surface area contributed by atoms with Crippen LogP contribution in [0, 0.1) is 12.7 Å². The van der Waals surface area contributed by atoms with Crippen LogP contribution in [0.3, 0.4) is 0 Å². The number of rotatable bonds is 4. The topological polar surface area (TPSA) is 65.0 Å². The predicted octanol–water partition coefficient (Wildman–Crippen LogP) is 1.95. The SMILES string of the molecule is CCOc1nccc(C(=O)c2ccnc(C)n2)c1F. The Morgan fingerprint density at radius 3 is 2.74 bits per heavy atom. The zero-order valence-electron chi connectivity index (χ0n) is 10.6. The molecule has 0 atom stereocenters. The van der Waals surface area contributed by atoms with Crippen molar-refractivity contribution in [1.82, 2.24) is 15.0 Å². The highest BCUT2D eigenvalue weighted by atomic mass is 19.1. The quantitative estimate of drug-likeness (QED) is 0.787. The molecule has 0 saturated heterocycles. The van der Waals surface area contributed by atoms with Gasteiger partial charge in [-0.25, -0.2) is 19.3 Å². The molecule has 0 aromatic carbocycles. The van der Waals surface area contributed by atoms with E-state index in [9.17, 15) is 9.18 Å². The molecular formula is C13H12FN3O2. The van der Waals surface area contributed by atoms with E-state index < -0.39 is 11.6 Å². The molecule has 0 aliphatic carbocycles. The molecule has 2 rings (SSSR count). The van der Waals surface area contributed by atoms with E-state index in [1.54, 1.807) is 13.8 Å². The van der Waals surface area contributed by atoms with Crippen LogP contribution in [0.25, 0.3) is 0 Å². The summed E-state index contributed by atoms with van der Waals surface area (Å²) < 4.78 is 19.1. The number of nitrogens with zero attached hydrogens (tertiary/aromatic N) is 3. The van der Waals surface area contributed by atoms with Gasteiger partial charge < -0.3 is 4.74 Å². The lowest BCUT2D eigenvalue weighted by Crippen LogP contribution is -2.10. The number of carbonyl (C=O) groups excluding carboxylic acids is 1. The van der Waals surface area contributed by atoms with Gasteiger partial charge in [0.15, 0.2) is 5.82 Å². The Labute approximate surface area is 109 Å². The molecule has 2 aromatic rings. The molecule has 6 heteroatoms. The minimum atomic E-state index is -0.773. The molecule has 0 fully saturated rings. The van der Waals surface area contributed by atoms with Crippen molar-refractivity contribution < 1.29 is 13.9 Å². The third-order valence-corrected chi connectivity index (χ3v) is 2.39. The summed E-state index contributed by atoms with van der Waals surface area (Å²) >= 11 is 0. The van der Waals surface area contributed by atoms with Crippen molar-refractivity contribution in [1.29, 1.82) is 0 Å². The Morgan fingerprint density at radius 2 is 2.05 bits per heavy atom. The fraction of sp³-hybridized carbons (Fsp3) is 0.231. The number of aryl methyl sites for hydroxylation is 1. The predicted molar refractivity (Wildman–Crippen MR) is 65.6 cm³/mol. The van der Waals surface area contributed by atoms with Crippen LogP contribution in [-0.4, -0.2) is 27.3 Å². The average Bonchev–Trinajstić information content (AvgIpc) is 2.41. The van der Waals surface area contributed by atoms with Gasteiger partial charge in [-0.1, -0.05) is 0 Å². The fourth-order valence-corrected chi connectivity index (χ4v) is 1.56. The number of hydrogen-bond acceptors (Lipinski definition) is 5. The molecule has 0 amide bonds. The minimum absolute atomic E-state index is 0.114. The maximum atomic E-state index is 14.0. The Hall–Kier alpha value is -2.37. The standard InChI is InChI=1S/C13H12FN3O2/c1-3-19-13-11(14)9(4-6-16-13)12(18)10-5-7-15-8(2)17-10/h4-7H,3H2,1-2H3. The van der Waals surface area contributed by atoms with Gasteiger partial charge in [-0.05, 0) is 26.0 Å². The summed E-state index contributed by atoms with van der Waals surface area (Å²) in [5.74, 6) is -1.03. The molecule has 2 aromatic heterocycles. The number of halogens is 1. The highest BCUT2D eigenvalue weighted by Crippen LogP contribution is 2.19. The van der Waals surface area contributed by atoms with Gasteiger partial charge in [-0.2, -0.15) is 0 Å². The van der Waals surface area contributed by atoms with E-state index in [2.05, 4.69) is 15.0 Å². The van der Waals surface area contributed by atoms with Crippen molar-refractivity contribution in [3.8, 4) is 5.88 Å². The molecule has 19 heavy (non-hydrogen) atoms. The van der Waals surface area contributed by atoms with Gasteiger partial charge in [0.25, 0.3) is 5.88 Å². The van der Waals surface area contributed by atoms with Crippen LogP contribution in [0.5, 0.6) is 5.88 Å². The van der Waals surface area contributed by atoms with Crippen LogP contribution >= 0.6 is 0 Å². The smallest absolute Gasteiger partial charge is 0.251 e. The first-order valence-corrected chi connectivity index (χ1v) is 5.75. The minimum Gasteiger partial charge on any atom is -0.476 e. The maximum absolute atomic E-state index is 14.0. The van der Waals surface area contributed by atoms with Crippen molar-refractivity contribution in [3.63, 3.8) is 0 Å². The molecule has 0 radical (unpaired) electrons. The molecule has 0 unspecified atom stereocenters. The van der Waals surface area contributed by atoms with Gasteiger partial charge in [0.1, 0.15) is 11.5 Å². The van der Waals surface area contributed by atoms with E-state index in [1.165, 1.54) is 24.5 Å². The van der Waals surface area contributed by atoms with Gasteiger partial charge in [0, 0.05) is 12.4 Å². The lowest BCUT2D eigenvalue weighted by molar-refractivity contribution is 0.102. The molecule has 2 heterocycles. The lowest BCUT2D eigenvalue weighted by atomic mass is 10.1. The third-order valence-electron chi connectivity index (χ3n) is 2.39. The van der Waals surface area contributed by atoms with Gasteiger partial charge in [0.05, 0.1) is 12.2 Å². The molecule has 98 valence electrons. The van der Waals surface area contributed by atoms with Gasteiger partial charge in [-0.15, -0.1) is 0 Å². The van der Waals surface area contributed by atoms with E-state index in [1.807, 2.05) is 0 Å². The van der Waals surface area contributed by atoms with Gasteiger partial charge >= 0.3 is 0 Å². The Bertz CT molecular complexity index is 617. The number of pyridine rings is 1. The second-order valence-corrected chi connectivity index (χ2v) is 3.73.